The first-order valence-corrected chi connectivity index (χ1v) is 10.4. The molecule has 2 aromatic rings. The topological polar surface area (TPSA) is 64.1 Å². The third-order valence-corrected chi connectivity index (χ3v) is 4.99. The second-order valence-electron chi connectivity index (χ2n) is 6.14. The van der Waals surface area contributed by atoms with Crippen LogP contribution in [-0.2, 0) is 18.8 Å². The third kappa shape index (κ3) is 7.12. The van der Waals surface area contributed by atoms with Crippen molar-refractivity contribution in [2.45, 2.75) is 18.8 Å². The van der Waals surface area contributed by atoms with Crippen molar-refractivity contribution in [3.05, 3.63) is 52.8 Å². The summed E-state index contributed by atoms with van der Waals surface area (Å²) in [6.45, 7) is 0.976. The van der Waals surface area contributed by atoms with Gasteiger partial charge in [0, 0.05) is 31.5 Å². The maximum absolute atomic E-state index is 13.5. The minimum atomic E-state index is -0.223. The van der Waals surface area contributed by atoms with Gasteiger partial charge in [0.25, 0.3) is 0 Å². The lowest BCUT2D eigenvalue weighted by Crippen LogP contribution is -2.36. The molecule has 0 bridgehead atoms. The molecule has 0 saturated heterocycles. The molecular weight excluding hydrogens is 520 g/mol. The molecule has 0 saturated carbocycles. The Morgan fingerprint density at radius 1 is 0.967 bits per heavy atom. The highest BCUT2D eigenvalue weighted by Gasteiger charge is 2.14. The van der Waals surface area contributed by atoms with Gasteiger partial charge in [-0.05, 0) is 29.5 Å². The van der Waals surface area contributed by atoms with E-state index in [4.69, 9.17) is 14.2 Å². The molecule has 0 amide bonds. The van der Waals surface area contributed by atoms with E-state index in [9.17, 15) is 4.39 Å². The Bertz CT molecular complexity index is 827. The molecule has 0 fully saturated rings. The number of guanidine groups is 1. The lowest BCUT2D eigenvalue weighted by Gasteiger charge is -2.18. The summed E-state index contributed by atoms with van der Waals surface area (Å²) < 4.78 is 29.8. The van der Waals surface area contributed by atoms with Crippen molar-refractivity contribution in [2.75, 3.05) is 34.6 Å². The molecule has 0 aliphatic carbocycles. The fourth-order valence-corrected chi connectivity index (χ4v) is 3.46. The van der Waals surface area contributed by atoms with Crippen LogP contribution in [0.4, 0.5) is 4.39 Å². The fraction of sp³-hybridized carbons (Fsp3) is 0.381. The van der Waals surface area contributed by atoms with E-state index in [1.54, 1.807) is 52.3 Å². The monoisotopic (exact) mass is 549 g/mol. The van der Waals surface area contributed by atoms with Gasteiger partial charge < -0.3 is 24.8 Å². The maximum atomic E-state index is 13.5. The molecule has 2 aromatic carbocycles. The van der Waals surface area contributed by atoms with Gasteiger partial charge in [0.1, 0.15) is 23.1 Å². The number of thioether (sulfide) groups is 1. The first kappa shape index (κ1) is 26.2. The SMILES string of the molecule is CN=C(NCc1ccc(F)cc1CSC)NCc1c(OC)cc(OC)cc1OC.I. The van der Waals surface area contributed by atoms with Gasteiger partial charge in [0.15, 0.2) is 5.96 Å². The molecule has 0 heterocycles. The van der Waals surface area contributed by atoms with E-state index in [1.165, 1.54) is 6.07 Å². The summed E-state index contributed by atoms with van der Waals surface area (Å²) in [6, 6.07) is 8.48. The highest BCUT2D eigenvalue weighted by Crippen LogP contribution is 2.33. The molecule has 0 radical (unpaired) electrons. The summed E-state index contributed by atoms with van der Waals surface area (Å²) >= 11 is 1.66. The number of halogens is 2. The van der Waals surface area contributed by atoms with Gasteiger partial charge in [-0.15, -0.1) is 24.0 Å². The van der Waals surface area contributed by atoms with E-state index in [0.717, 1.165) is 22.4 Å². The predicted octanol–water partition coefficient (Wildman–Crippen LogP) is 4.20. The van der Waals surface area contributed by atoms with Crippen LogP contribution < -0.4 is 24.8 Å². The number of hydrogen-bond acceptors (Lipinski definition) is 5. The third-order valence-electron chi connectivity index (χ3n) is 4.39. The quantitative estimate of drug-likeness (QED) is 0.278. The smallest absolute Gasteiger partial charge is 0.191 e. The van der Waals surface area contributed by atoms with Crippen molar-refractivity contribution in [1.29, 1.82) is 0 Å². The molecular formula is C21H29FIN3O3S. The van der Waals surface area contributed by atoms with Crippen LogP contribution in [0, 0.1) is 5.82 Å². The van der Waals surface area contributed by atoms with Gasteiger partial charge in [0.2, 0.25) is 0 Å². The molecule has 6 nitrogen and oxygen atoms in total. The van der Waals surface area contributed by atoms with Crippen molar-refractivity contribution >= 4 is 41.7 Å². The number of nitrogens with one attached hydrogen (secondary N) is 2. The Kier molecular flexibility index (Phi) is 11.7. The number of benzene rings is 2. The summed E-state index contributed by atoms with van der Waals surface area (Å²) in [5.74, 6) is 3.11. The Labute approximate surface area is 199 Å². The molecule has 0 aromatic heterocycles. The van der Waals surface area contributed by atoms with Gasteiger partial charge in [-0.25, -0.2) is 4.39 Å². The Balaban J connectivity index is 0.00000450. The minimum absolute atomic E-state index is 0. The van der Waals surface area contributed by atoms with Crippen LogP contribution in [-0.4, -0.2) is 40.6 Å². The van der Waals surface area contributed by atoms with Gasteiger partial charge >= 0.3 is 0 Å². The molecule has 0 aliphatic heterocycles. The average Bonchev–Trinajstić information content (AvgIpc) is 2.74. The summed E-state index contributed by atoms with van der Waals surface area (Å²) in [7, 11) is 6.50. The zero-order valence-corrected chi connectivity index (χ0v) is 21.0. The van der Waals surface area contributed by atoms with Crippen LogP contribution in [0.25, 0.3) is 0 Å². The molecule has 30 heavy (non-hydrogen) atoms. The maximum Gasteiger partial charge on any atom is 0.191 e. The second-order valence-corrected chi connectivity index (χ2v) is 7.00. The number of aliphatic imine (C=N–C) groups is 1. The number of nitrogens with zero attached hydrogens (tertiary/aromatic N) is 1. The molecule has 0 atom stereocenters. The zero-order chi connectivity index (χ0) is 21.2. The van der Waals surface area contributed by atoms with Gasteiger partial charge in [0.05, 0.1) is 33.4 Å². The Hall–Kier alpha value is -1.88. The molecule has 0 aliphatic rings. The van der Waals surface area contributed by atoms with Crippen molar-refractivity contribution < 1.29 is 18.6 Å². The number of ether oxygens (including phenoxy) is 3. The molecule has 0 spiro atoms. The lowest BCUT2D eigenvalue weighted by molar-refractivity contribution is 0.368. The Morgan fingerprint density at radius 3 is 2.13 bits per heavy atom. The predicted molar refractivity (Wildman–Crippen MR) is 132 cm³/mol. The van der Waals surface area contributed by atoms with Crippen LogP contribution >= 0.6 is 35.7 Å². The van der Waals surface area contributed by atoms with Crippen molar-refractivity contribution in [3.8, 4) is 17.2 Å². The normalized spacial score (nSPS) is 10.8. The van der Waals surface area contributed by atoms with Crippen LogP contribution in [0.15, 0.2) is 35.3 Å². The van der Waals surface area contributed by atoms with Crippen LogP contribution in [0.5, 0.6) is 17.2 Å². The van der Waals surface area contributed by atoms with E-state index in [0.29, 0.717) is 36.3 Å². The largest absolute Gasteiger partial charge is 0.496 e. The lowest BCUT2D eigenvalue weighted by atomic mass is 10.1. The fourth-order valence-electron chi connectivity index (χ4n) is 2.88. The highest BCUT2D eigenvalue weighted by atomic mass is 127. The molecule has 166 valence electrons. The number of rotatable bonds is 9. The molecule has 2 N–H and O–H groups in total. The van der Waals surface area contributed by atoms with Crippen LogP contribution in [0.2, 0.25) is 0 Å². The summed E-state index contributed by atoms with van der Waals surface area (Å²) in [5, 5.41) is 6.54. The molecule has 0 unspecified atom stereocenters. The molecule has 9 heteroatoms. The van der Waals surface area contributed by atoms with E-state index < -0.39 is 0 Å². The number of hydrogen-bond donors (Lipinski definition) is 2. The highest BCUT2D eigenvalue weighted by molar-refractivity contribution is 14.0. The first-order chi connectivity index (χ1) is 14.1. The zero-order valence-electron chi connectivity index (χ0n) is 17.9. The first-order valence-electron chi connectivity index (χ1n) is 9.05. The van der Waals surface area contributed by atoms with E-state index >= 15 is 0 Å². The van der Waals surface area contributed by atoms with Crippen LogP contribution in [0.3, 0.4) is 0 Å². The van der Waals surface area contributed by atoms with Crippen molar-refractivity contribution in [1.82, 2.24) is 10.6 Å². The summed E-state index contributed by atoms with van der Waals surface area (Å²) in [4.78, 5) is 4.26. The van der Waals surface area contributed by atoms with Crippen molar-refractivity contribution in [2.24, 2.45) is 4.99 Å². The molecule has 2 rings (SSSR count). The van der Waals surface area contributed by atoms with Gasteiger partial charge in [-0.2, -0.15) is 11.8 Å². The van der Waals surface area contributed by atoms with Gasteiger partial charge in [-0.1, -0.05) is 6.07 Å². The average molecular weight is 549 g/mol. The number of methoxy groups -OCH3 is 3. The summed E-state index contributed by atoms with van der Waals surface area (Å²) in [6.07, 6.45) is 2.00. The van der Waals surface area contributed by atoms with Crippen molar-refractivity contribution in [3.63, 3.8) is 0 Å². The van der Waals surface area contributed by atoms with Gasteiger partial charge in [-0.3, -0.25) is 4.99 Å². The second kappa shape index (κ2) is 13.4. The van der Waals surface area contributed by atoms with E-state index in [1.807, 2.05) is 18.4 Å². The minimum Gasteiger partial charge on any atom is -0.496 e. The summed E-state index contributed by atoms with van der Waals surface area (Å²) in [5.41, 5.74) is 2.85. The van der Waals surface area contributed by atoms with E-state index in [-0.39, 0.29) is 29.8 Å². The van der Waals surface area contributed by atoms with Crippen LogP contribution in [0.1, 0.15) is 16.7 Å². The van der Waals surface area contributed by atoms with E-state index in [2.05, 4.69) is 15.6 Å². The standard InChI is InChI=1S/C21H28FN3O3S.HI/c1-23-21(24-11-14-6-7-16(22)8-15(14)13-29-5)25-12-18-19(27-3)9-17(26-2)10-20(18)28-4;/h6-10H,11-13H2,1-5H3,(H2,23,24,25);1H. The Morgan fingerprint density at radius 2 is 1.60 bits per heavy atom.